The van der Waals surface area contributed by atoms with Gasteiger partial charge >= 0.3 is 0 Å². The number of amides is 3. The van der Waals surface area contributed by atoms with E-state index in [9.17, 15) is 24.5 Å². The second-order valence-corrected chi connectivity index (χ2v) is 8.37. The molecule has 1 aliphatic carbocycles. The van der Waals surface area contributed by atoms with Gasteiger partial charge in [0.25, 0.3) is 23.4 Å². The van der Waals surface area contributed by atoms with Crippen molar-refractivity contribution in [1.82, 2.24) is 10.0 Å². The summed E-state index contributed by atoms with van der Waals surface area (Å²) < 4.78 is 0. The Morgan fingerprint density at radius 1 is 1.12 bits per heavy atom. The van der Waals surface area contributed by atoms with Crippen LogP contribution in [0.5, 0.6) is 0 Å². The van der Waals surface area contributed by atoms with Crippen molar-refractivity contribution in [2.45, 2.75) is 19.9 Å². The summed E-state index contributed by atoms with van der Waals surface area (Å²) in [4.78, 5) is 50.4. The topological polar surface area (TPSA) is 101 Å². The molecule has 0 radical (unpaired) electrons. The molecule has 1 heterocycles. The molecule has 3 amide bonds. The fourth-order valence-corrected chi connectivity index (χ4v) is 4.37. The van der Waals surface area contributed by atoms with E-state index >= 15 is 0 Å². The van der Waals surface area contributed by atoms with Crippen LogP contribution in [0.3, 0.4) is 0 Å². The average Bonchev–Trinajstić information content (AvgIpc) is 3.03. The molecule has 3 atom stereocenters. The largest absolute Gasteiger partial charge is 0.273 e. The third-order valence-corrected chi connectivity index (χ3v) is 6.15. The maximum Gasteiger partial charge on any atom is 0.273 e. The van der Waals surface area contributed by atoms with E-state index in [4.69, 9.17) is 11.6 Å². The lowest BCUT2D eigenvalue weighted by atomic mass is 9.78. The van der Waals surface area contributed by atoms with Gasteiger partial charge in [-0.3, -0.25) is 24.5 Å². The highest BCUT2D eigenvalue weighted by Crippen LogP contribution is 2.39. The molecule has 9 heteroatoms. The number of imide groups is 1. The minimum absolute atomic E-state index is 0.0939. The molecule has 8 nitrogen and oxygen atoms in total. The van der Waals surface area contributed by atoms with Crippen molar-refractivity contribution in [3.8, 4) is 0 Å². The number of nitrogens with zero attached hydrogens (tertiary/aromatic N) is 3. The van der Waals surface area contributed by atoms with E-state index < -0.39 is 34.5 Å². The Labute approximate surface area is 189 Å². The predicted molar refractivity (Wildman–Crippen MR) is 116 cm³/mol. The van der Waals surface area contributed by atoms with Crippen molar-refractivity contribution < 1.29 is 19.3 Å². The standard InChI is InChI=1S/C23H20ClN3O5/c1-14-3-2-4-19-20(14)23(30)26(22(19)29)25(21(28)16-7-9-17(24)10-8-16)13-15-5-11-18(12-6-15)27(31)32/h2-3,5-12,14,19-20H,4,13H2,1H3/t14-,19-,20+/m1/s1. The fourth-order valence-electron chi connectivity index (χ4n) is 4.24. The second-order valence-electron chi connectivity index (χ2n) is 7.94. The second kappa shape index (κ2) is 8.55. The summed E-state index contributed by atoms with van der Waals surface area (Å²) in [5.41, 5.74) is 0.709. The van der Waals surface area contributed by atoms with Crippen LogP contribution in [0.1, 0.15) is 29.3 Å². The quantitative estimate of drug-likeness (QED) is 0.295. The molecule has 0 aromatic heterocycles. The minimum atomic E-state index is -0.541. The molecule has 1 aliphatic heterocycles. The summed E-state index contributed by atoms with van der Waals surface area (Å²) in [6.07, 6.45) is 4.25. The lowest BCUT2D eigenvalue weighted by Crippen LogP contribution is -2.50. The third kappa shape index (κ3) is 3.89. The van der Waals surface area contributed by atoms with Crippen LogP contribution in [0.25, 0.3) is 0 Å². The zero-order chi connectivity index (χ0) is 23.0. The molecule has 1 fully saturated rings. The Morgan fingerprint density at radius 2 is 1.78 bits per heavy atom. The zero-order valence-electron chi connectivity index (χ0n) is 17.2. The van der Waals surface area contributed by atoms with Crippen LogP contribution < -0.4 is 0 Å². The van der Waals surface area contributed by atoms with Crippen LogP contribution in [0.2, 0.25) is 5.02 Å². The average molecular weight is 454 g/mol. The molecular formula is C23H20ClN3O5. The Bertz CT molecular complexity index is 1110. The van der Waals surface area contributed by atoms with Gasteiger partial charge in [0.2, 0.25) is 0 Å². The van der Waals surface area contributed by atoms with Gasteiger partial charge in [-0.25, -0.2) is 5.01 Å². The summed E-state index contributed by atoms with van der Waals surface area (Å²) in [5, 5.41) is 13.5. The SMILES string of the molecule is C[C@@H]1C=CC[C@H]2C(=O)N(N(Cc3ccc([N+](=O)[O-])cc3)C(=O)c3ccc(Cl)cc3)C(=O)[C@@H]12. The van der Waals surface area contributed by atoms with E-state index in [2.05, 4.69) is 0 Å². The van der Waals surface area contributed by atoms with Gasteiger partial charge in [-0.05, 0) is 42.2 Å². The predicted octanol–water partition coefficient (Wildman–Crippen LogP) is 4.00. The third-order valence-electron chi connectivity index (χ3n) is 5.90. The molecule has 0 saturated carbocycles. The van der Waals surface area contributed by atoms with Crippen molar-refractivity contribution in [2.75, 3.05) is 0 Å². The van der Waals surface area contributed by atoms with Crippen molar-refractivity contribution in [3.63, 3.8) is 0 Å². The summed E-state index contributed by atoms with van der Waals surface area (Å²) >= 11 is 5.93. The monoisotopic (exact) mass is 453 g/mol. The molecule has 164 valence electrons. The first kappa shape index (κ1) is 21.7. The number of benzene rings is 2. The number of carbonyl (C=O) groups is 3. The molecule has 0 bridgehead atoms. The highest BCUT2D eigenvalue weighted by Gasteiger charge is 2.53. The summed E-state index contributed by atoms with van der Waals surface area (Å²) in [5.74, 6) is -2.53. The maximum atomic E-state index is 13.4. The van der Waals surface area contributed by atoms with Gasteiger partial charge in [-0.15, -0.1) is 0 Å². The number of hydrogen-bond donors (Lipinski definition) is 0. The van der Waals surface area contributed by atoms with Crippen LogP contribution in [-0.2, 0) is 16.1 Å². The van der Waals surface area contributed by atoms with Crippen LogP contribution in [0.15, 0.2) is 60.7 Å². The Morgan fingerprint density at radius 3 is 2.38 bits per heavy atom. The normalized spacial score (nSPS) is 22.1. The number of allylic oxidation sites excluding steroid dienone is 2. The summed E-state index contributed by atoms with van der Waals surface area (Å²) in [7, 11) is 0. The Kier molecular flexibility index (Phi) is 5.80. The van der Waals surface area contributed by atoms with E-state index in [1.165, 1.54) is 36.4 Å². The first-order valence-electron chi connectivity index (χ1n) is 10.1. The number of rotatable bonds is 5. The fraction of sp³-hybridized carbons (Fsp3) is 0.261. The van der Waals surface area contributed by atoms with Crippen LogP contribution in [0, 0.1) is 27.9 Å². The summed E-state index contributed by atoms with van der Waals surface area (Å²) in [6.45, 7) is 1.78. The number of halogens is 1. The van der Waals surface area contributed by atoms with E-state index in [-0.39, 0.29) is 23.7 Å². The smallest absolute Gasteiger partial charge is 0.272 e. The molecule has 1 saturated heterocycles. The number of carbonyl (C=O) groups excluding carboxylic acids is 3. The molecule has 0 N–H and O–H groups in total. The first-order valence-corrected chi connectivity index (χ1v) is 10.5. The van der Waals surface area contributed by atoms with Crippen molar-refractivity contribution >= 4 is 35.0 Å². The lowest BCUT2D eigenvalue weighted by molar-refractivity contribution is -0.384. The zero-order valence-corrected chi connectivity index (χ0v) is 17.9. The molecular weight excluding hydrogens is 434 g/mol. The number of fused-ring (bicyclic) bond motifs is 1. The number of nitro benzene ring substituents is 1. The molecule has 2 aromatic rings. The molecule has 2 aliphatic rings. The molecule has 32 heavy (non-hydrogen) atoms. The van der Waals surface area contributed by atoms with Gasteiger partial charge in [0.15, 0.2) is 0 Å². The molecule has 4 rings (SSSR count). The van der Waals surface area contributed by atoms with Gasteiger partial charge in [0, 0.05) is 22.7 Å². The van der Waals surface area contributed by atoms with Crippen molar-refractivity contribution in [2.24, 2.45) is 17.8 Å². The van der Waals surface area contributed by atoms with Crippen LogP contribution >= 0.6 is 11.6 Å². The van der Waals surface area contributed by atoms with Crippen molar-refractivity contribution in [3.05, 3.63) is 86.9 Å². The minimum Gasteiger partial charge on any atom is -0.272 e. The van der Waals surface area contributed by atoms with Crippen LogP contribution in [0.4, 0.5) is 5.69 Å². The number of nitro groups is 1. The van der Waals surface area contributed by atoms with Gasteiger partial charge in [-0.2, -0.15) is 5.01 Å². The first-order chi connectivity index (χ1) is 15.3. The van der Waals surface area contributed by atoms with E-state index in [1.54, 1.807) is 12.1 Å². The Balaban J connectivity index is 1.71. The molecule has 2 aromatic carbocycles. The Hall–Kier alpha value is -3.52. The maximum absolute atomic E-state index is 13.4. The van der Waals surface area contributed by atoms with Crippen molar-refractivity contribution in [1.29, 1.82) is 0 Å². The lowest BCUT2D eigenvalue weighted by Gasteiger charge is -2.31. The van der Waals surface area contributed by atoms with Crippen LogP contribution in [-0.4, -0.2) is 32.7 Å². The van der Waals surface area contributed by atoms with Gasteiger partial charge in [-0.1, -0.05) is 42.8 Å². The molecule has 0 unspecified atom stereocenters. The summed E-state index contributed by atoms with van der Waals surface area (Å²) in [6, 6.07) is 11.8. The number of non-ortho nitro benzene ring substituents is 1. The van der Waals surface area contributed by atoms with Gasteiger partial charge < -0.3 is 0 Å². The highest BCUT2D eigenvalue weighted by atomic mass is 35.5. The number of hydrazine groups is 1. The molecule has 0 spiro atoms. The van der Waals surface area contributed by atoms with E-state index in [0.717, 1.165) is 10.0 Å². The number of hydrogen-bond acceptors (Lipinski definition) is 5. The van der Waals surface area contributed by atoms with E-state index in [1.807, 2.05) is 19.1 Å². The van der Waals surface area contributed by atoms with Gasteiger partial charge in [0.1, 0.15) is 0 Å². The highest BCUT2D eigenvalue weighted by molar-refractivity contribution is 6.30. The van der Waals surface area contributed by atoms with E-state index in [0.29, 0.717) is 17.0 Å². The van der Waals surface area contributed by atoms with Gasteiger partial charge in [0.05, 0.1) is 23.3 Å².